The van der Waals surface area contributed by atoms with Crippen LogP contribution in [0.3, 0.4) is 0 Å². The van der Waals surface area contributed by atoms with Gasteiger partial charge in [-0.3, -0.25) is 9.59 Å². The number of nitrogens with one attached hydrogen (secondary N) is 1. The summed E-state index contributed by atoms with van der Waals surface area (Å²) >= 11 is 5.90. The topological polar surface area (TPSA) is 73.2 Å². The van der Waals surface area contributed by atoms with Crippen molar-refractivity contribution in [3.05, 3.63) is 87.2 Å². The number of rotatable bonds is 6. The van der Waals surface area contributed by atoms with Crippen LogP contribution in [0.15, 0.2) is 65.5 Å². The van der Waals surface area contributed by atoms with Gasteiger partial charge in [0.15, 0.2) is 0 Å². The molecule has 1 amide bonds. The molecule has 32 heavy (non-hydrogen) atoms. The maximum absolute atomic E-state index is 12.6. The highest BCUT2D eigenvalue weighted by atomic mass is 35.5. The lowest BCUT2D eigenvalue weighted by atomic mass is 10.1. The molecule has 1 N–H and O–H groups in total. The van der Waals surface area contributed by atoms with E-state index in [4.69, 9.17) is 16.3 Å². The Morgan fingerprint density at radius 2 is 1.66 bits per heavy atom. The lowest BCUT2D eigenvalue weighted by Crippen LogP contribution is -2.34. The van der Waals surface area contributed by atoms with Crippen molar-refractivity contribution in [2.24, 2.45) is 0 Å². The molecule has 7 heteroatoms. The molecule has 0 atom stereocenters. The Kier molecular flexibility index (Phi) is 7.22. The van der Waals surface area contributed by atoms with Crippen LogP contribution >= 0.6 is 11.6 Å². The number of carbonyl (C=O) groups is 1. The summed E-state index contributed by atoms with van der Waals surface area (Å²) in [6, 6.07) is 17.4. The molecule has 2 aromatic carbocycles. The summed E-state index contributed by atoms with van der Waals surface area (Å²) in [7, 11) is 0. The Morgan fingerprint density at radius 3 is 2.34 bits per heavy atom. The third-order valence-corrected chi connectivity index (χ3v) is 5.89. The first-order valence-electron chi connectivity index (χ1n) is 11.0. The van der Waals surface area contributed by atoms with Gasteiger partial charge in [-0.05, 0) is 54.8 Å². The maximum atomic E-state index is 12.6. The number of aromatic nitrogens is 2. The van der Waals surface area contributed by atoms with Crippen molar-refractivity contribution in [3.63, 3.8) is 0 Å². The lowest BCUT2D eigenvalue weighted by Gasteiger charge is -2.16. The second-order valence-corrected chi connectivity index (χ2v) is 8.48. The van der Waals surface area contributed by atoms with Gasteiger partial charge in [-0.2, -0.15) is 4.68 Å². The number of hydrogen-bond acceptors (Lipinski definition) is 4. The number of ether oxygens (including phenoxy) is 1. The second kappa shape index (κ2) is 10.5. The van der Waals surface area contributed by atoms with E-state index in [1.54, 1.807) is 42.5 Å². The number of nitrogens with zero attached hydrogens (tertiary/aromatic N) is 2. The normalized spacial score (nSPS) is 14.5. The van der Waals surface area contributed by atoms with Crippen molar-refractivity contribution in [3.8, 4) is 11.6 Å². The molecule has 0 unspecified atom stereocenters. The molecule has 0 radical (unpaired) electrons. The van der Waals surface area contributed by atoms with Gasteiger partial charge in [0.2, 0.25) is 5.88 Å². The van der Waals surface area contributed by atoms with Gasteiger partial charge in [0, 0.05) is 28.8 Å². The van der Waals surface area contributed by atoms with Crippen molar-refractivity contribution >= 4 is 17.5 Å². The van der Waals surface area contributed by atoms with E-state index >= 15 is 0 Å². The van der Waals surface area contributed by atoms with Crippen LogP contribution in [-0.4, -0.2) is 21.7 Å². The third kappa shape index (κ3) is 5.77. The van der Waals surface area contributed by atoms with Gasteiger partial charge < -0.3 is 10.1 Å². The molecular weight excluding hydrogens is 426 g/mol. The third-order valence-electron chi connectivity index (χ3n) is 5.64. The Morgan fingerprint density at radius 1 is 0.969 bits per heavy atom. The summed E-state index contributed by atoms with van der Waals surface area (Å²) < 4.78 is 7.00. The molecule has 1 saturated carbocycles. The molecule has 1 aliphatic rings. The van der Waals surface area contributed by atoms with Crippen molar-refractivity contribution in [2.45, 2.75) is 51.2 Å². The minimum Gasteiger partial charge on any atom is -0.472 e. The molecule has 0 bridgehead atoms. The van der Waals surface area contributed by atoms with Crippen molar-refractivity contribution in [1.29, 1.82) is 0 Å². The zero-order valence-corrected chi connectivity index (χ0v) is 18.6. The minimum atomic E-state index is -0.278. The van der Waals surface area contributed by atoms with Crippen LogP contribution in [0.1, 0.15) is 54.4 Å². The van der Waals surface area contributed by atoms with Crippen LogP contribution in [0.25, 0.3) is 5.69 Å². The number of benzene rings is 2. The van der Waals surface area contributed by atoms with Gasteiger partial charge in [-0.15, -0.1) is 5.10 Å². The monoisotopic (exact) mass is 451 g/mol. The van der Waals surface area contributed by atoms with Gasteiger partial charge in [-0.25, -0.2) is 0 Å². The number of amides is 1. The highest BCUT2D eigenvalue weighted by Gasteiger charge is 2.16. The number of halogens is 1. The first-order valence-corrected chi connectivity index (χ1v) is 11.4. The fourth-order valence-electron chi connectivity index (χ4n) is 3.84. The van der Waals surface area contributed by atoms with E-state index in [9.17, 15) is 9.59 Å². The number of hydrogen-bond donors (Lipinski definition) is 1. The first kappa shape index (κ1) is 22.1. The molecule has 4 rings (SSSR count). The highest BCUT2D eigenvalue weighted by molar-refractivity contribution is 6.30. The summed E-state index contributed by atoms with van der Waals surface area (Å²) in [6.45, 7) is 0.308. The van der Waals surface area contributed by atoms with E-state index < -0.39 is 0 Å². The SMILES string of the molecule is O=C(NC1CCCCCC1)c1ccc(-n2nc(OCc3ccc(Cl)cc3)ccc2=O)cc1. The van der Waals surface area contributed by atoms with E-state index in [-0.39, 0.29) is 17.5 Å². The molecule has 3 aromatic rings. The van der Waals surface area contributed by atoms with Crippen LogP contribution in [0.5, 0.6) is 5.88 Å². The van der Waals surface area contributed by atoms with E-state index in [1.165, 1.54) is 23.6 Å². The number of carbonyl (C=O) groups excluding carboxylic acids is 1. The predicted octanol–water partition coefficient (Wildman–Crippen LogP) is 4.92. The van der Waals surface area contributed by atoms with Crippen LogP contribution < -0.4 is 15.6 Å². The standard InChI is InChI=1S/C25H26ClN3O3/c26-20-11-7-18(8-12-20)17-32-23-15-16-24(30)29(28-23)22-13-9-19(10-14-22)25(31)27-21-5-3-1-2-4-6-21/h7-16,21H,1-6,17H2,(H,27,31). The zero-order chi connectivity index (χ0) is 22.3. The molecule has 0 aliphatic heterocycles. The Hall–Kier alpha value is -3.12. The Labute approximate surface area is 192 Å². The largest absolute Gasteiger partial charge is 0.472 e. The molecule has 6 nitrogen and oxygen atoms in total. The quantitative estimate of drug-likeness (QED) is 0.540. The van der Waals surface area contributed by atoms with Crippen molar-refractivity contribution in [2.75, 3.05) is 0 Å². The minimum absolute atomic E-state index is 0.0798. The average molecular weight is 452 g/mol. The maximum Gasteiger partial charge on any atom is 0.271 e. The van der Waals surface area contributed by atoms with Crippen LogP contribution in [0, 0.1) is 0 Å². The summed E-state index contributed by atoms with van der Waals surface area (Å²) in [5.74, 6) is 0.249. The fourth-order valence-corrected chi connectivity index (χ4v) is 3.97. The summed E-state index contributed by atoms with van der Waals surface area (Å²) in [5.41, 5.74) is 1.80. The molecule has 166 valence electrons. The van der Waals surface area contributed by atoms with Crippen molar-refractivity contribution in [1.82, 2.24) is 15.1 Å². The Balaban J connectivity index is 1.43. The van der Waals surface area contributed by atoms with Crippen LogP contribution in [0.2, 0.25) is 5.02 Å². The fraction of sp³-hybridized carbons (Fsp3) is 0.320. The molecular formula is C25H26ClN3O3. The zero-order valence-electron chi connectivity index (χ0n) is 17.8. The van der Waals surface area contributed by atoms with Gasteiger partial charge in [-0.1, -0.05) is 49.4 Å². The van der Waals surface area contributed by atoms with Gasteiger partial charge in [0.05, 0.1) is 5.69 Å². The van der Waals surface area contributed by atoms with Gasteiger partial charge in [0.25, 0.3) is 11.5 Å². The first-order chi connectivity index (χ1) is 15.6. The van der Waals surface area contributed by atoms with Crippen LogP contribution in [0.4, 0.5) is 0 Å². The predicted molar refractivity (Wildman–Crippen MR) is 125 cm³/mol. The van der Waals surface area contributed by atoms with E-state index in [1.807, 2.05) is 12.1 Å². The molecule has 0 spiro atoms. The summed E-state index contributed by atoms with van der Waals surface area (Å²) in [5, 5.41) is 8.11. The summed E-state index contributed by atoms with van der Waals surface area (Å²) in [6.07, 6.45) is 6.87. The van der Waals surface area contributed by atoms with Crippen molar-refractivity contribution < 1.29 is 9.53 Å². The lowest BCUT2D eigenvalue weighted by molar-refractivity contribution is 0.0933. The smallest absolute Gasteiger partial charge is 0.271 e. The molecule has 1 aliphatic carbocycles. The summed E-state index contributed by atoms with van der Waals surface area (Å²) in [4.78, 5) is 25.0. The average Bonchev–Trinajstić information content (AvgIpc) is 3.08. The molecule has 1 aromatic heterocycles. The molecule has 1 fully saturated rings. The highest BCUT2D eigenvalue weighted by Crippen LogP contribution is 2.18. The van der Waals surface area contributed by atoms with E-state index in [0.717, 1.165) is 31.2 Å². The van der Waals surface area contributed by atoms with Crippen LogP contribution in [-0.2, 0) is 6.61 Å². The molecule has 0 saturated heterocycles. The van der Waals surface area contributed by atoms with Gasteiger partial charge >= 0.3 is 0 Å². The Bertz CT molecular complexity index is 1100. The van der Waals surface area contributed by atoms with Gasteiger partial charge in [0.1, 0.15) is 6.61 Å². The molecule has 1 heterocycles. The van der Waals surface area contributed by atoms with E-state index in [0.29, 0.717) is 28.8 Å². The second-order valence-electron chi connectivity index (χ2n) is 8.05. The van der Waals surface area contributed by atoms with E-state index in [2.05, 4.69) is 10.4 Å².